The van der Waals surface area contributed by atoms with Crippen LogP contribution < -0.4 is 4.74 Å². The van der Waals surface area contributed by atoms with Crippen molar-refractivity contribution in [1.82, 2.24) is 9.55 Å². The van der Waals surface area contributed by atoms with Crippen LogP contribution in [-0.2, 0) is 6.54 Å². The first-order chi connectivity index (χ1) is 11.6. The zero-order valence-corrected chi connectivity index (χ0v) is 14.6. The van der Waals surface area contributed by atoms with Gasteiger partial charge in [-0.25, -0.2) is 4.98 Å². The van der Waals surface area contributed by atoms with Crippen LogP contribution in [0.4, 0.5) is 0 Å². The van der Waals surface area contributed by atoms with Gasteiger partial charge in [-0.2, -0.15) is 0 Å². The van der Waals surface area contributed by atoms with Crippen molar-refractivity contribution in [2.24, 2.45) is 0 Å². The fraction of sp³-hybridized carbons (Fsp3) is 0.105. The first-order valence-electron chi connectivity index (χ1n) is 7.46. The minimum Gasteiger partial charge on any atom is -0.456 e. The molecule has 0 unspecified atom stereocenters. The molecule has 2 aromatic carbocycles. The van der Waals surface area contributed by atoms with Crippen LogP contribution in [0.3, 0.4) is 0 Å². The van der Waals surface area contributed by atoms with E-state index in [1.165, 1.54) is 5.57 Å². The predicted octanol–water partition coefficient (Wildman–Crippen LogP) is 6.09. The van der Waals surface area contributed by atoms with Crippen molar-refractivity contribution in [1.29, 1.82) is 0 Å². The lowest BCUT2D eigenvalue weighted by atomic mass is 10.1. The molecular formula is C19H16Cl2N2O. The first-order valence-corrected chi connectivity index (χ1v) is 8.21. The summed E-state index contributed by atoms with van der Waals surface area (Å²) in [7, 11) is 0. The summed E-state index contributed by atoms with van der Waals surface area (Å²) < 4.78 is 7.82. The molecule has 3 aromatic rings. The van der Waals surface area contributed by atoms with Crippen molar-refractivity contribution in [3.8, 4) is 11.5 Å². The van der Waals surface area contributed by atoms with Crippen molar-refractivity contribution >= 4 is 29.3 Å². The third-order valence-electron chi connectivity index (χ3n) is 3.41. The molecule has 24 heavy (non-hydrogen) atoms. The molecule has 1 aromatic heterocycles. The van der Waals surface area contributed by atoms with Crippen LogP contribution in [0.25, 0.3) is 6.08 Å². The summed E-state index contributed by atoms with van der Waals surface area (Å²) in [5.74, 6) is 1.31. The third kappa shape index (κ3) is 4.40. The summed E-state index contributed by atoms with van der Waals surface area (Å²) in [4.78, 5) is 4.05. The number of rotatable bonds is 5. The van der Waals surface area contributed by atoms with E-state index in [0.29, 0.717) is 15.8 Å². The standard InChI is InChI=1S/C19H16Cl2N2O/c1-14(12-23-9-8-22-13-23)10-15-2-5-17(6-3-15)24-19-7-4-16(20)11-18(19)21/h2-11,13H,12H2,1H3. The number of aromatic nitrogens is 2. The van der Waals surface area contributed by atoms with E-state index in [4.69, 9.17) is 27.9 Å². The Morgan fingerprint density at radius 1 is 1.17 bits per heavy atom. The number of hydrogen-bond donors (Lipinski definition) is 0. The van der Waals surface area contributed by atoms with E-state index >= 15 is 0 Å². The van der Waals surface area contributed by atoms with Crippen LogP contribution in [0.5, 0.6) is 11.5 Å². The van der Waals surface area contributed by atoms with Crippen LogP contribution in [-0.4, -0.2) is 9.55 Å². The van der Waals surface area contributed by atoms with E-state index in [9.17, 15) is 0 Å². The van der Waals surface area contributed by atoms with E-state index in [2.05, 4.69) is 18.0 Å². The highest BCUT2D eigenvalue weighted by Crippen LogP contribution is 2.31. The molecule has 5 heteroatoms. The third-order valence-corrected chi connectivity index (χ3v) is 3.94. The summed E-state index contributed by atoms with van der Waals surface area (Å²) >= 11 is 12.0. The number of imidazole rings is 1. The number of benzene rings is 2. The molecule has 0 aliphatic rings. The molecule has 1 heterocycles. The summed E-state index contributed by atoms with van der Waals surface area (Å²) in [5.41, 5.74) is 2.35. The van der Waals surface area contributed by atoms with Gasteiger partial charge in [-0.15, -0.1) is 0 Å². The largest absolute Gasteiger partial charge is 0.456 e. The molecule has 0 radical (unpaired) electrons. The number of halogens is 2. The van der Waals surface area contributed by atoms with Gasteiger partial charge in [0.15, 0.2) is 0 Å². The van der Waals surface area contributed by atoms with Gasteiger partial charge in [0, 0.05) is 24.0 Å². The zero-order valence-electron chi connectivity index (χ0n) is 13.1. The molecule has 0 bridgehead atoms. The molecule has 0 fully saturated rings. The van der Waals surface area contributed by atoms with Gasteiger partial charge in [0.2, 0.25) is 0 Å². The molecule has 0 spiro atoms. The summed E-state index contributed by atoms with van der Waals surface area (Å²) in [6, 6.07) is 13.0. The number of ether oxygens (including phenoxy) is 1. The summed E-state index contributed by atoms with van der Waals surface area (Å²) in [6.45, 7) is 2.91. The van der Waals surface area contributed by atoms with Crippen LogP contribution in [0, 0.1) is 0 Å². The maximum Gasteiger partial charge on any atom is 0.146 e. The Morgan fingerprint density at radius 3 is 2.62 bits per heavy atom. The fourth-order valence-electron chi connectivity index (χ4n) is 2.32. The second-order valence-electron chi connectivity index (χ2n) is 5.47. The molecule has 122 valence electrons. The summed E-state index contributed by atoms with van der Waals surface area (Å²) in [6.07, 6.45) is 7.68. The molecule has 0 saturated carbocycles. The number of nitrogens with zero attached hydrogens (tertiary/aromatic N) is 2. The SMILES string of the molecule is CC(=Cc1ccc(Oc2ccc(Cl)cc2Cl)cc1)Cn1ccnc1. The minimum atomic E-state index is 0.489. The van der Waals surface area contributed by atoms with Gasteiger partial charge in [-0.3, -0.25) is 0 Å². The Balaban J connectivity index is 1.68. The number of hydrogen-bond acceptors (Lipinski definition) is 2. The van der Waals surface area contributed by atoms with Crippen LogP contribution in [0.1, 0.15) is 12.5 Å². The van der Waals surface area contributed by atoms with Gasteiger partial charge in [0.1, 0.15) is 11.5 Å². The average Bonchev–Trinajstić information content (AvgIpc) is 3.04. The lowest BCUT2D eigenvalue weighted by Crippen LogP contribution is -1.95. The van der Waals surface area contributed by atoms with Gasteiger partial charge >= 0.3 is 0 Å². The van der Waals surface area contributed by atoms with E-state index < -0.39 is 0 Å². The average molecular weight is 359 g/mol. The molecule has 0 aliphatic carbocycles. The molecule has 0 aliphatic heterocycles. The first kappa shape index (κ1) is 16.6. The number of allylic oxidation sites excluding steroid dienone is 1. The monoisotopic (exact) mass is 358 g/mol. The Hall–Kier alpha value is -2.23. The highest BCUT2D eigenvalue weighted by atomic mass is 35.5. The normalized spacial score (nSPS) is 11.5. The van der Waals surface area contributed by atoms with E-state index in [1.54, 1.807) is 24.4 Å². The molecule has 0 atom stereocenters. The predicted molar refractivity (Wildman–Crippen MR) is 98.9 cm³/mol. The molecule has 0 saturated heterocycles. The van der Waals surface area contributed by atoms with Gasteiger partial charge in [-0.1, -0.05) is 47.0 Å². The molecule has 0 N–H and O–H groups in total. The second kappa shape index (κ2) is 7.56. The van der Waals surface area contributed by atoms with Crippen LogP contribution in [0.15, 0.2) is 66.8 Å². The van der Waals surface area contributed by atoms with Gasteiger partial charge in [-0.05, 0) is 42.8 Å². The molecule has 3 rings (SSSR count). The van der Waals surface area contributed by atoms with Crippen molar-refractivity contribution < 1.29 is 4.74 Å². The van der Waals surface area contributed by atoms with Crippen molar-refractivity contribution in [2.75, 3.05) is 0 Å². The van der Waals surface area contributed by atoms with Gasteiger partial charge < -0.3 is 9.30 Å². The lowest BCUT2D eigenvalue weighted by Gasteiger charge is -2.08. The van der Waals surface area contributed by atoms with Gasteiger partial charge in [0.25, 0.3) is 0 Å². The van der Waals surface area contributed by atoms with E-state index in [-0.39, 0.29) is 0 Å². The van der Waals surface area contributed by atoms with Crippen LogP contribution >= 0.6 is 23.2 Å². The van der Waals surface area contributed by atoms with E-state index in [0.717, 1.165) is 17.9 Å². The Labute approximate surface area is 151 Å². The van der Waals surface area contributed by atoms with Gasteiger partial charge in [0.05, 0.1) is 11.3 Å². The van der Waals surface area contributed by atoms with E-state index in [1.807, 2.05) is 41.4 Å². The van der Waals surface area contributed by atoms with Crippen molar-refractivity contribution in [2.45, 2.75) is 13.5 Å². The Morgan fingerprint density at radius 2 is 1.96 bits per heavy atom. The van der Waals surface area contributed by atoms with Crippen molar-refractivity contribution in [3.63, 3.8) is 0 Å². The quantitative estimate of drug-likeness (QED) is 0.552. The topological polar surface area (TPSA) is 27.1 Å². The highest BCUT2D eigenvalue weighted by Gasteiger charge is 2.04. The molecular weight excluding hydrogens is 343 g/mol. The second-order valence-corrected chi connectivity index (χ2v) is 6.32. The lowest BCUT2D eigenvalue weighted by molar-refractivity contribution is 0.483. The molecule has 3 nitrogen and oxygen atoms in total. The fourth-order valence-corrected chi connectivity index (χ4v) is 2.76. The molecule has 0 amide bonds. The zero-order chi connectivity index (χ0) is 16.9. The highest BCUT2D eigenvalue weighted by molar-refractivity contribution is 6.35. The Kier molecular flexibility index (Phi) is 5.24. The van der Waals surface area contributed by atoms with Crippen molar-refractivity contribution in [3.05, 3.63) is 82.4 Å². The van der Waals surface area contributed by atoms with Crippen LogP contribution in [0.2, 0.25) is 10.0 Å². The Bertz CT molecular complexity index is 840. The summed E-state index contributed by atoms with van der Waals surface area (Å²) in [5, 5.41) is 1.07. The maximum absolute atomic E-state index is 6.12. The smallest absolute Gasteiger partial charge is 0.146 e. The maximum atomic E-state index is 6.12. The minimum absolute atomic E-state index is 0.489.